The van der Waals surface area contributed by atoms with Gasteiger partial charge in [-0.05, 0) is 81.6 Å². The molecule has 114 valence electrons. The van der Waals surface area contributed by atoms with Crippen LogP contribution < -0.4 is 10.6 Å². The van der Waals surface area contributed by atoms with Gasteiger partial charge in [-0.2, -0.15) is 0 Å². The van der Waals surface area contributed by atoms with Gasteiger partial charge in [0.15, 0.2) is 0 Å². The molecule has 0 heterocycles. The molecule has 0 aromatic rings. The predicted molar refractivity (Wildman–Crippen MR) is 81.4 cm³/mol. The van der Waals surface area contributed by atoms with Gasteiger partial charge in [-0.15, -0.1) is 0 Å². The van der Waals surface area contributed by atoms with Crippen molar-refractivity contribution in [2.75, 3.05) is 13.6 Å². The average Bonchev–Trinajstić information content (AvgIpc) is 2.41. The first kappa shape index (κ1) is 14.4. The maximum absolute atomic E-state index is 11.2. The van der Waals surface area contributed by atoms with Gasteiger partial charge in [-0.3, -0.25) is 4.79 Å². The highest BCUT2D eigenvalue weighted by Gasteiger charge is 2.52. The fourth-order valence-corrected chi connectivity index (χ4v) is 5.62. The van der Waals surface area contributed by atoms with Gasteiger partial charge in [0.1, 0.15) is 0 Å². The van der Waals surface area contributed by atoms with E-state index in [1.54, 1.807) is 7.05 Å². The van der Waals surface area contributed by atoms with Crippen LogP contribution in [0.15, 0.2) is 0 Å². The zero-order chi connectivity index (χ0) is 14.2. The molecule has 0 spiro atoms. The lowest BCUT2D eigenvalue weighted by atomic mass is 9.48. The van der Waals surface area contributed by atoms with Crippen LogP contribution in [0.1, 0.15) is 58.3 Å². The Balaban J connectivity index is 1.49. The molecule has 3 heteroatoms. The van der Waals surface area contributed by atoms with Gasteiger partial charge < -0.3 is 10.6 Å². The van der Waals surface area contributed by atoms with Crippen LogP contribution in [-0.2, 0) is 4.79 Å². The lowest BCUT2D eigenvalue weighted by Crippen LogP contribution is -2.55. The smallest absolute Gasteiger partial charge is 0.219 e. The molecular formula is C17H30N2O. The Labute approximate surface area is 123 Å². The molecule has 4 saturated carbocycles. The molecule has 4 bridgehead atoms. The van der Waals surface area contributed by atoms with E-state index < -0.39 is 0 Å². The molecule has 20 heavy (non-hydrogen) atoms. The zero-order valence-electron chi connectivity index (χ0n) is 13.1. The Morgan fingerprint density at radius 2 is 1.70 bits per heavy atom. The van der Waals surface area contributed by atoms with Gasteiger partial charge in [-0.1, -0.05) is 0 Å². The van der Waals surface area contributed by atoms with Crippen LogP contribution in [0.2, 0.25) is 0 Å². The van der Waals surface area contributed by atoms with Gasteiger partial charge in [0.25, 0.3) is 0 Å². The molecule has 0 aromatic carbocycles. The second-order valence-corrected chi connectivity index (χ2v) is 7.73. The van der Waals surface area contributed by atoms with Gasteiger partial charge in [-0.25, -0.2) is 0 Å². The van der Waals surface area contributed by atoms with Crippen molar-refractivity contribution in [3.8, 4) is 0 Å². The van der Waals surface area contributed by atoms with Crippen LogP contribution in [0, 0.1) is 23.2 Å². The molecule has 0 aromatic heterocycles. The number of rotatable bonds is 6. The summed E-state index contributed by atoms with van der Waals surface area (Å²) in [6.45, 7) is 3.38. The Morgan fingerprint density at radius 3 is 2.20 bits per heavy atom. The van der Waals surface area contributed by atoms with Crippen LogP contribution in [0.3, 0.4) is 0 Å². The Morgan fingerprint density at radius 1 is 1.15 bits per heavy atom. The molecule has 4 aliphatic rings. The third kappa shape index (κ3) is 2.74. The van der Waals surface area contributed by atoms with E-state index in [1.165, 1.54) is 38.5 Å². The normalized spacial score (nSPS) is 39.8. The van der Waals surface area contributed by atoms with Crippen molar-refractivity contribution in [2.45, 2.75) is 64.3 Å². The first-order valence-corrected chi connectivity index (χ1v) is 8.55. The summed E-state index contributed by atoms with van der Waals surface area (Å²) < 4.78 is 0. The Kier molecular flexibility index (Phi) is 4.07. The quantitative estimate of drug-likeness (QED) is 0.734. The molecule has 4 fully saturated rings. The molecule has 0 aliphatic heterocycles. The van der Waals surface area contributed by atoms with Gasteiger partial charge in [0, 0.05) is 19.5 Å². The van der Waals surface area contributed by atoms with Crippen molar-refractivity contribution in [3.63, 3.8) is 0 Å². The van der Waals surface area contributed by atoms with E-state index >= 15 is 0 Å². The summed E-state index contributed by atoms with van der Waals surface area (Å²) in [7, 11) is 1.72. The summed E-state index contributed by atoms with van der Waals surface area (Å²) in [4.78, 5) is 11.2. The minimum Gasteiger partial charge on any atom is -0.359 e. The van der Waals surface area contributed by atoms with Gasteiger partial charge in [0.05, 0.1) is 0 Å². The highest BCUT2D eigenvalue weighted by atomic mass is 16.1. The van der Waals surface area contributed by atoms with Crippen LogP contribution in [-0.4, -0.2) is 25.5 Å². The van der Waals surface area contributed by atoms with E-state index in [0.29, 0.717) is 17.9 Å². The fraction of sp³-hybridized carbons (Fsp3) is 0.941. The van der Waals surface area contributed by atoms with Crippen molar-refractivity contribution < 1.29 is 4.79 Å². The second-order valence-electron chi connectivity index (χ2n) is 7.73. The molecular weight excluding hydrogens is 248 g/mol. The topological polar surface area (TPSA) is 41.1 Å². The van der Waals surface area contributed by atoms with Crippen molar-refractivity contribution in [1.29, 1.82) is 0 Å². The standard InChI is InChI=1S/C17H30N2O/c1-12(19-5-3-4-16(20)18-2)17-9-13-6-14(10-17)8-15(7-13)11-17/h12-15,19H,3-11H2,1-2H3,(H,18,20). The minimum absolute atomic E-state index is 0.161. The average molecular weight is 278 g/mol. The van der Waals surface area contributed by atoms with E-state index in [9.17, 15) is 4.79 Å². The van der Waals surface area contributed by atoms with Crippen molar-refractivity contribution in [3.05, 3.63) is 0 Å². The number of carbonyl (C=O) groups is 1. The molecule has 3 nitrogen and oxygen atoms in total. The summed E-state index contributed by atoms with van der Waals surface area (Å²) in [5.41, 5.74) is 0.585. The summed E-state index contributed by atoms with van der Waals surface area (Å²) in [6, 6.07) is 0.626. The molecule has 1 unspecified atom stereocenters. The predicted octanol–water partition coefficient (Wildman–Crippen LogP) is 2.71. The zero-order valence-corrected chi connectivity index (χ0v) is 13.1. The maximum Gasteiger partial charge on any atom is 0.219 e. The van der Waals surface area contributed by atoms with Crippen LogP contribution in [0.5, 0.6) is 0 Å². The minimum atomic E-state index is 0.161. The lowest BCUT2D eigenvalue weighted by Gasteiger charge is -2.59. The van der Waals surface area contributed by atoms with Crippen LogP contribution in [0.4, 0.5) is 0 Å². The SMILES string of the molecule is CNC(=O)CCCNC(C)C12CC3CC(CC(C3)C1)C2. The molecule has 4 aliphatic carbocycles. The highest BCUT2D eigenvalue weighted by Crippen LogP contribution is 2.61. The summed E-state index contributed by atoms with van der Waals surface area (Å²) >= 11 is 0. The number of amides is 1. The molecule has 2 N–H and O–H groups in total. The fourth-order valence-electron chi connectivity index (χ4n) is 5.62. The maximum atomic E-state index is 11.2. The van der Waals surface area contributed by atoms with Crippen molar-refractivity contribution in [1.82, 2.24) is 10.6 Å². The van der Waals surface area contributed by atoms with E-state index in [2.05, 4.69) is 17.6 Å². The first-order chi connectivity index (χ1) is 9.61. The number of hydrogen-bond donors (Lipinski definition) is 2. The number of carbonyl (C=O) groups excluding carboxylic acids is 1. The Hall–Kier alpha value is -0.570. The third-order valence-corrected chi connectivity index (χ3v) is 6.31. The van der Waals surface area contributed by atoms with Gasteiger partial charge >= 0.3 is 0 Å². The summed E-state index contributed by atoms with van der Waals surface area (Å²) in [6.07, 6.45) is 10.5. The second kappa shape index (κ2) is 5.67. The molecule has 0 saturated heterocycles. The molecule has 0 radical (unpaired) electrons. The molecule has 1 atom stereocenters. The largest absolute Gasteiger partial charge is 0.359 e. The summed E-state index contributed by atoms with van der Waals surface area (Å²) in [5.74, 6) is 3.23. The summed E-state index contributed by atoms with van der Waals surface area (Å²) in [5, 5.41) is 6.43. The first-order valence-electron chi connectivity index (χ1n) is 8.55. The van der Waals surface area contributed by atoms with Gasteiger partial charge in [0.2, 0.25) is 5.91 Å². The molecule has 4 rings (SSSR count). The van der Waals surface area contributed by atoms with E-state index in [4.69, 9.17) is 0 Å². The van der Waals surface area contributed by atoms with Crippen LogP contribution >= 0.6 is 0 Å². The highest BCUT2D eigenvalue weighted by molar-refractivity contribution is 5.75. The number of nitrogens with one attached hydrogen (secondary N) is 2. The number of hydrogen-bond acceptors (Lipinski definition) is 2. The van der Waals surface area contributed by atoms with E-state index in [0.717, 1.165) is 30.7 Å². The Bertz CT molecular complexity index is 331. The van der Waals surface area contributed by atoms with E-state index in [1.807, 2.05) is 0 Å². The lowest BCUT2D eigenvalue weighted by molar-refractivity contribution is -0.120. The van der Waals surface area contributed by atoms with Crippen LogP contribution in [0.25, 0.3) is 0 Å². The van der Waals surface area contributed by atoms with Crippen molar-refractivity contribution in [2.24, 2.45) is 23.2 Å². The molecule has 1 amide bonds. The third-order valence-electron chi connectivity index (χ3n) is 6.31. The van der Waals surface area contributed by atoms with Crippen molar-refractivity contribution >= 4 is 5.91 Å². The van der Waals surface area contributed by atoms with E-state index in [-0.39, 0.29) is 5.91 Å². The monoisotopic (exact) mass is 278 g/mol.